The molecule has 9 rings (SSSR count). The van der Waals surface area contributed by atoms with Gasteiger partial charge in [0.05, 0.1) is 0 Å². The summed E-state index contributed by atoms with van der Waals surface area (Å²) in [6.45, 7) is 4.56. The minimum Gasteiger partial charge on any atom is -0.252 e. The molecule has 0 radical (unpaired) electrons. The van der Waals surface area contributed by atoms with E-state index in [-0.39, 0.29) is 5.41 Å². The molecule has 2 heterocycles. The van der Waals surface area contributed by atoms with Gasteiger partial charge in [-0.05, 0) is 56.1 Å². The molecule has 0 bridgehead atoms. The predicted octanol–water partition coefficient (Wildman–Crippen LogP) is 9.81. The highest BCUT2D eigenvalue weighted by Crippen LogP contribution is 2.49. The lowest BCUT2D eigenvalue weighted by atomic mass is 9.82. The summed E-state index contributed by atoms with van der Waals surface area (Å²) in [6.07, 6.45) is 2.81. The van der Waals surface area contributed by atoms with Gasteiger partial charge in [0.15, 0.2) is 17.5 Å². The maximum absolute atomic E-state index is 5.16. The molecule has 0 saturated heterocycles. The molecule has 0 atom stereocenters. The Morgan fingerprint density at radius 1 is 0.457 bits per heavy atom. The average molecular weight is 591 g/mol. The van der Waals surface area contributed by atoms with Gasteiger partial charge in [-0.15, -0.1) is 0 Å². The molecular weight excluding hydrogens is 560 g/mol. The zero-order chi connectivity index (χ0) is 30.8. The van der Waals surface area contributed by atoms with E-state index >= 15 is 0 Å². The minimum atomic E-state index is -0.149. The quantitative estimate of drug-likeness (QED) is 0.205. The standard InChI is InChI=1S/C42H30N4/c1-42(2)36-22-10-9-17-31(36)35-25-43-38(24-37(35)42)41-45-39(27-15-7-4-8-16-27)44-40(46-41)32-21-12-20-30-29-19-11-18-28(33(29)23-34(30)32)26-13-5-3-6-14-26/h3-22,24-25H,23H2,1-2H3. The van der Waals surface area contributed by atoms with E-state index in [4.69, 9.17) is 19.9 Å². The number of aromatic nitrogens is 4. The third-order valence-corrected chi connectivity index (χ3v) is 9.69. The largest absolute Gasteiger partial charge is 0.252 e. The van der Waals surface area contributed by atoms with Gasteiger partial charge in [-0.3, -0.25) is 4.98 Å². The molecule has 5 aromatic carbocycles. The molecule has 2 aromatic heterocycles. The summed E-state index contributed by atoms with van der Waals surface area (Å²) >= 11 is 0. The maximum atomic E-state index is 5.16. The lowest BCUT2D eigenvalue weighted by molar-refractivity contribution is 0.660. The van der Waals surface area contributed by atoms with E-state index in [1.165, 1.54) is 55.6 Å². The molecule has 0 aliphatic heterocycles. The van der Waals surface area contributed by atoms with Gasteiger partial charge >= 0.3 is 0 Å². The fourth-order valence-corrected chi connectivity index (χ4v) is 7.38. The van der Waals surface area contributed by atoms with Gasteiger partial charge in [0.2, 0.25) is 0 Å². The SMILES string of the molecule is CC1(C)c2ccccc2-c2cnc(-c3nc(-c4ccccc4)nc(-c4cccc5c4Cc4c(-c6ccccc6)cccc4-5)n3)cc21. The van der Waals surface area contributed by atoms with Crippen LogP contribution in [0.15, 0.2) is 134 Å². The van der Waals surface area contributed by atoms with Gasteiger partial charge in [-0.2, -0.15) is 0 Å². The van der Waals surface area contributed by atoms with Crippen LogP contribution in [-0.2, 0) is 11.8 Å². The molecule has 0 fully saturated rings. The molecule has 0 unspecified atom stereocenters. The fourth-order valence-electron chi connectivity index (χ4n) is 7.38. The minimum absolute atomic E-state index is 0.149. The highest BCUT2D eigenvalue weighted by atomic mass is 15.0. The van der Waals surface area contributed by atoms with Crippen molar-refractivity contribution in [2.24, 2.45) is 0 Å². The van der Waals surface area contributed by atoms with Crippen LogP contribution in [0.4, 0.5) is 0 Å². The smallest absolute Gasteiger partial charge is 0.182 e. The van der Waals surface area contributed by atoms with Crippen molar-refractivity contribution in [1.82, 2.24) is 19.9 Å². The molecule has 4 heteroatoms. The van der Waals surface area contributed by atoms with Crippen molar-refractivity contribution >= 4 is 0 Å². The first-order chi connectivity index (χ1) is 22.6. The van der Waals surface area contributed by atoms with E-state index in [2.05, 4.69) is 123 Å². The van der Waals surface area contributed by atoms with Gasteiger partial charge in [-0.25, -0.2) is 15.0 Å². The third-order valence-electron chi connectivity index (χ3n) is 9.69. The Morgan fingerprint density at radius 2 is 1.02 bits per heavy atom. The van der Waals surface area contributed by atoms with Gasteiger partial charge in [0, 0.05) is 34.7 Å². The van der Waals surface area contributed by atoms with Crippen LogP contribution in [0.5, 0.6) is 0 Å². The van der Waals surface area contributed by atoms with Crippen LogP contribution in [-0.4, -0.2) is 19.9 Å². The molecule has 0 amide bonds. The van der Waals surface area contributed by atoms with Crippen LogP contribution >= 0.6 is 0 Å². The normalized spacial score (nSPS) is 13.5. The van der Waals surface area contributed by atoms with E-state index in [0.717, 1.165) is 23.2 Å². The zero-order valence-electron chi connectivity index (χ0n) is 25.7. The van der Waals surface area contributed by atoms with Crippen LogP contribution < -0.4 is 0 Å². The van der Waals surface area contributed by atoms with Crippen LogP contribution in [0.2, 0.25) is 0 Å². The molecule has 218 valence electrons. The lowest BCUT2D eigenvalue weighted by Gasteiger charge is -2.21. The van der Waals surface area contributed by atoms with Crippen molar-refractivity contribution in [1.29, 1.82) is 0 Å². The molecule has 2 aliphatic carbocycles. The van der Waals surface area contributed by atoms with Crippen LogP contribution in [0.25, 0.3) is 67.7 Å². The summed E-state index contributed by atoms with van der Waals surface area (Å²) in [7, 11) is 0. The Bertz CT molecular complexity index is 2310. The number of fused-ring (bicyclic) bond motifs is 6. The van der Waals surface area contributed by atoms with Crippen molar-refractivity contribution in [2.45, 2.75) is 25.7 Å². The number of rotatable bonds is 4. The Labute approximate surface area is 268 Å². The molecule has 2 aliphatic rings. The summed E-state index contributed by atoms with van der Waals surface area (Å²) in [4.78, 5) is 20.2. The van der Waals surface area contributed by atoms with Crippen molar-refractivity contribution in [3.05, 3.63) is 156 Å². The summed E-state index contributed by atoms with van der Waals surface area (Å²) < 4.78 is 0. The Balaban J connectivity index is 1.21. The molecule has 0 saturated carbocycles. The number of hydrogen-bond acceptors (Lipinski definition) is 4. The monoisotopic (exact) mass is 590 g/mol. The Hall–Kier alpha value is -5.74. The number of nitrogens with zero attached hydrogens (tertiary/aromatic N) is 4. The van der Waals surface area contributed by atoms with Gasteiger partial charge in [0.1, 0.15) is 5.69 Å². The number of pyridine rings is 1. The molecule has 46 heavy (non-hydrogen) atoms. The topological polar surface area (TPSA) is 51.6 Å². The highest BCUT2D eigenvalue weighted by molar-refractivity contribution is 5.89. The highest BCUT2D eigenvalue weighted by Gasteiger charge is 2.36. The molecular formula is C42H30N4. The lowest BCUT2D eigenvalue weighted by Crippen LogP contribution is -2.15. The van der Waals surface area contributed by atoms with Crippen LogP contribution in [0.1, 0.15) is 36.1 Å². The van der Waals surface area contributed by atoms with E-state index < -0.39 is 0 Å². The Kier molecular flexibility index (Phi) is 5.88. The summed E-state index contributed by atoms with van der Waals surface area (Å²) in [6, 6.07) is 44.7. The molecule has 4 nitrogen and oxygen atoms in total. The summed E-state index contributed by atoms with van der Waals surface area (Å²) in [5.41, 5.74) is 15.2. The first-order valence-electron chi connectivity index (χ1n) is 15.8. The third kappa shape index (κ3) is 4.07. The van der Waals surface area contributed by atoms with E-state index in [1.54, 1.807) is 0 Å². The van der Waals surface area contributed by atoms with Crippen LogP contribution in [0.3, 0.4) is 0 Å². The van der Waals surface area contributed by atoms with E-state index in [1.807, 2.05) is 24.4 Å². The van der Waals surface area contributed by atoms with Crippen molar-refractivity contribution in [3.63, 3.8) is 0 Å². The second-order valence-electron chi connectivity index (χ2n) is 12.7. The molecule has 7 aromatic rings. The second-order valence-corrected chi connectivity index (χ2v) is 12.7. The Morgan fingerprint density at radius 3 is 1.78 bits per heavy atom. The number of hydrogen-bond donors (Lipinski definition) is 0. The molecule has 0 spiro atoms. The first-order valence-corrected chi connectivity index (χ1v) is 15.8. The predicted molar refractivity (Wildman–Crippen MR) is 185 cm³/mol. The van der Waals surface area contributed by atoms with Crippen molar-refractivity contribution in [2.75, 3.05) is 0 Å². The van der Waals surface area contributed by atoms with Crippen molar-refractivity contribution < 1.29 is 0 Å². The number of benzene rings is 5. The van der Waals surface area contributed by atoms with Gasteiger partial charge < -0.3 is 0 Å². The van der Waals surface area contributed by atoms with Crippen molar-refractivity contribution in [3.8, 4) is 67.7 Å². The maximum Gasteiger partial charge on any atom is 0.182 e. The van der Waals surface area contributed by atoms with E-state index in [0.29, 0.717) is 17.5 Å². The summed E-state index contributed by atoms with van der Waals surface area (Å²) in [5, 5.41) is 0. The fraction of sp³-hybridized carbons (Fsp3) is 0.0952. The van der Waals surface area contributed by atoms with Gasteiger partial charge in [-0.1, -0.05) is 135 Å². The van der Waals surface area contributed by atoms with Crippen LogP contribution in [0, 0.1) is 0 Å². The average Bonchev–Trinajstić information content (AvgIpc) is 3.61. The van der Waals surface area contributed by atoms with E-state index in [9.17, 15) is 0 Å². The molecule has 0 N–H and O–H groups in total. The second kappa shape index (κ2) is 10.1. The van der Waals surface area contributed by atoms with Gasteiger partial charge in [0.25, 0.3) is 0 Å². The first kappa shape index (κ1) is 26.6. The summed E-state index contributed by atoms with van der Waals surface area (Å²) in [5.74, 6) is 1.89. The zero-order valence-corrected chi connectivity index (χ0v) is 25.7.